The molecule has 1 saturated heterocycles. The molecule has 3 rings (SSSR count). The lowest BCUT2D eigenvalue weighted by Gasteiger charge is -2.31. The van der Waals surface area contributed by atoms with Gasteiger partial charge in [-0.3, -0.25) is 0 Å². The molecule has 1 aromatic rings. The molecule has 0 amide bonds. The van der Waals surface area contributed by atoms with E-state index in [4.69, 9.17) is 0 Å². The van der Waals surface area contributed by atoms with E-state index in [9.17, 15) is 0 Å². The molecule has 2 aliphatic heterocycles. The second kappa shape index (κ2) is 5.98. The van der Waals surface area contributed by atoms with Crippen molar-refractivity contribution in [3.63, 3.8) is 0 Å². The summed E-state index contributed by atoms with van der Waals surface area (Å²) in [5.41, 5.74) is 2.84. The van der Waals surface area contributed by atoms with Gasteiger partial charge < -0.3 is 10.2 Å². The van der Waals surface area contributed by atoms with Crippen molar-refractivity contribution in [3.05, 3.63) is 29.8 Å². The number of anilines is 1. The van der Waals surface area contributed by atoms with Gasteiger partial charge in [-0.25, -0.2) is 0 Å². The van der Waals surface area contributed by atoms with Crippen molar-refractivity contribution in [3.8, 4) is 0 Å². The van der Waals surface area contributed by atoms with Crippen LogP contribution in [-0.4, -0.2) is 41.6 Å². The molecule has 1 fully saturated rings. The van der Waals surface area contributed by atoms with Crippen molar-refractivity contribution in [1.82, 2.24) is 4.90 Å². The second-order valence-corrected chi connectivity index (χ2v) is 8.57. The van der Waals surface area contributed by atoms with Crippen LogP contribution in [0.5, 0.6) is 0 Å². The average molecular weight is 290 g/mol. The zero-order valence-electron chi connectivity index (χ0n) is 12.7. The van der Waals surface area contributed by atoms with E-state index >= 15 is 0 Å². The van der Waals surface area contributed by atoms with Crippen LogP contribution in [0.15, 0.2) is 24.3 Å². The number of para-hydroxylation sites is 1. The summed E-state index contributed by atoms with van der Waals surface area (Å²) in [7, 11) is 0. The zero-order valence-corrected chi connectivity index (χ0v) is 13.5. The summed E-state index contributed by atoms with van der Waals surface area (Å²) in [5, 5.41) is 3.60. The van der Waals surface area contributed by atoms with Gasteiger partial charge in [-0.15, -0.1) is 0 Å². The Labute approximate surface area is 127 Å². The predicted octanol–water partition coefficient (Wildman–Crippen LogP) is 3.49. The van der Waals surface area contributed by atoms with Crippen molar-refractivity contribution in [2.45, 2.75) is 31.4 Å². The fourth-order valence-corrected chi connectivity index (χ4v) is 4.39. The van der Waals surface area contributed by atoms with Crippen LogP contribution in [0.1, 0.15) is 25.8 Å². The average Bonchev–Trinajstić information content (AvgIpc) is 2.60. The molecule has 3 heteroatoms. The maximum Gasteiger partial charge on any atom is 0.0372 e. The van der Waals surface area contributed by atoms with Gasteiger partial charge in [0.25, 0.3) is 0 Å². The van der Waals surface area contributed by atoms with E-state index < -0.39 is 0 Å². The number of nitrogens with one attached hydrogen (secondary N) is 1. The Bertz CT molecular complexity index is 458. The summed E-state index contributed by atoms with van der Waals surface area (Å²) in [6, 6.07) is 8.76. The normalized spacial score (nSPS) is 26.4. The molecule has 110 valence electrons. The summed E-state index contributed by atoms with van der Waals surface area (Å²) in [5.74, 6) is 2.04. The Morgan fingerprint density at radius 3 is 3.05 bits per heavy atom. The Morgan fingerprint density at radius 2 is 2.15 bits per heavy atom. The largest absolute Gasteiger partial charge is 0.384 e. The van der Waals surface area contributed by atoms with E-state index in [1.54, 1.807) is 0 Å². The highest BCUT2D eigenvalue weighted by Crippen LogP contribution is 2.31. The quantitative estimate of drug-likeness (QED) is 0.897. The van der Waals surface area contributed by atoms with E-state index in [0.29, 0.717) is 4.75 Å². The summed E-state index contributed by atoms with van der Waals surface area (Å²) < 4.78 is 0.464. The van der Waals surface area contributed by atoms with Gasteiger partial charge in [0.15, 0.2) is 0 Å². The SMILES string of the molecule is CC1(C)CCN(CC2CNc3ccccc3C2)CCS1. The van der Waals surface area contributed by atoms with Crippen molar-refractivity contribution in [2.75, 3.05) is 37.2 Å². The van der Waals surface area contributed by atoms with Gasteiger partial charge in [0.2, 0.25) is 0 Å². The van der Waals surface area contributed by atoms with Crippen LogP contribution in [0.4, 0.5) is 5.69 Å². The summed E-state index contributed by atoms with van der Waals surface area (Å²) in [6.07, 6.45) is 2.55. The number of hydrogen-bond acceptors (Lipinski definition) is 3. The van der Waals surface area contributed by atoms with Gasteiger partial charge in [0.05, 0.1) is 0 Å². The van der Waals surface area contributed by atoms with Crippen molar-refractivity contribution < 1.29 is 0 Å². The van der Waals surface area contributed by atoms with E-state index in [2.05, 4.69) is 60.1 Å². The fraction of sp³-hybridized carbons (Fsp3) is 0.647. The number of thioether (sulfide) groups is 1. The third-order valence-electron chi connectivity index (χ3n) is 4.55. The predicted molar refractivity (Wildman–Crippen MR) is 89.7 cm³/mol. The Kier molecular flexibility index (Phi) is 4.27. The molecule has 0 radical (unpaired) electrons. The smallest absolute Gasteiger partial charge is 0.0372 e. The highest BCUT2D eigenvalue weighted by Gasteiger charge is 2.26. The van der Waals surface area contributed by atoms with Crippen molar-refractivity contribution in [2.24, 2.45) is 5.92 Å². The molecule has 1 aromatic carbocycles. The minimum Gasteiger partial charge on any atom is -0.384 e. The minimum atomic E-state index is 0.464. The molecule has 1 unspecified atom stereocenters. The van der Waals surface area contributed by atoms with Gasteiger partial charge >= 0.3 is 0 Å². The highest BCUT2D eigenvalue weighted by atomic mass is 32.2. The van der Waals surface area contributed by atoms with Crippen molar-refractivity contribution >= 4 is 17.4 Å². The second-order valence-electron chi connectivity index (χ2n) is 6.77. The first-order valence-electron chi connectivity index (χ1n) is 7.80. The fourth-order valence-electron chi connectivity index (χ4n) is 3.25. The van der Waals surface area contributed by atoms with E-state index in [1.807, 2.05) is 0 Å². The Morgan fingerprint density at radius 1 is 1.30 bits per heavy atom. The van der Waals surface area contributed by atoms with Gasteiger partial charge in [-0.1, -0.05) is 32.0 Å². The van der Waals surface area contributed by atoms with E-state index in [0.717, 1.165) is 12.5 Å². The molecule has 0 bridgehead atoms. The van der Waals surface area contributed by atoms with Crippen LogP contribution >= 0.6 is 11.8 Å². The van der Waals surface area contributed by atoms with Gasteiger partial charge in [-0.2, -0.15) is 11.8 Å². The summed E-state index contributed by atoms with van der Waals surface area (Å²) in [4.78, 5) is 2.68. The van der Waals surface area contributed by atoms with Crippen LogP contribution in [-0.2, 0) is 6.42 Å². The first kappa shape index (κ1) is 14.3. The maximum absolute atomic E-state index is 3.60. The van der Waals surface area contributed by atoms with Gasteiger partial charge in [-0.05, 0) is 36.9 Å². The molecule has 2 nitrogen and oxygen atoms in total. The highest BCUT2D eigenvalue weighted by molar-refractivity contribution is 8.00. The number of hydrogen-bond donors (Lipinski definition) is 1. The number of nitrogens with zero attached hydrogens (tertiary/aromatic N) is 1. The third kappa shape index (κ3) is 3.50. The van der Waals surface area contributed by atoms with E-state index in [1.165, 1.54) is 49.5 Å². The maximum atomic E-state index is 3.60. The first-order valence-corrected chi connectivity index (χ1v) is 8.79. The molecule has 0 spiro atoms. The van der Waals surface area contributed by atoms with Gasteiger partial charge in [0, 0.05) is 35.8 Å². The standard InChI is InChI=1S/C17H26N2S/c1-17(2)7-8-19(9-10-20-17)13-14-11-15-5-3-4-6-16(15)18-12-14/h3-6,14,18H,7-13H2,1-2H3. The summed E-state index contributed by atoms with van der Waals surface area (Å²) in [6.45, 7) is 9.67. The van der Waals surface area contributed by atoms with Crippen molar-refractivity contribution in [1.29, 1.82) is 0 Å². The minimum absolute atomic E-state index is 0.464. The van der Waals surface area contributed by atoms with E-state index in [-0.39, 0.29) is 0 Å². The number of fused-ring (bicyclic) bond motifs is 1. The van der Waals surface area contributed by atoms with Crippen LogP contribution in [0.25, 0.3) is 0 Å². The molecule has 20 heavy (non-hydrogen) atoms. The first-order chi connectivity index (χ1) is 9.62. The molecular weight excluding hydrogens is 264 g/mol. The molecule has 0 saturated carbocycles. The third-order valence-corrected chi connectivity index (χ3v) is 5.93. The lowest BCUT2D eigenvalue weighted by molar-refractivity contribution is 0.241. The molecule has 1 N–H and O–H groups in total. The van der Waals surface area contributed by atoms with Crippen LogP contribution in [0.2, 0.25) is 0 Å². The van der Waals surface area contributed by atoms with Crippen LogP contribution < -0.4 is 5.32 Å². The summed E-state index contributed by atoms with van der Waals surface area (Å²) >= 11 is 2.14. The molecule has 1 atom stereocenters. The molecule has 2 heterocycles. The zero-order chi connectivity index (χ0) is 14.0. The van der Waals surface area contributed by atoms with Crippen LogP contribution in [0.3, 0.4) is 0 Å². The number of benzene rings is 1. The molecular formula is C17H26N2S. The monoisotopic (exact) mass is 290 g/mol. The number of rotatable bonds is 2. The Hall–Kier alpha value is -0.670. The molecule has 2 aliphatic rings. The lowest BCUT2D eigenvalue weighted by Crippen LogP contribution is -2.37. The lowest BCUT2D eigenvalue weighted by atomic mass is 9.93. The molecule has 0 aliphatic carbocycles. The topological polar surface area (TPSA) is 15.3 Å². The van der Waals surface area contributed by atoms with Crippen LogP contribution in [0, 0.1) is 5.92 Å². The van der Waals surface area contributed by atoms with Gasteiger partial charge in [0.1, 0.15) is 0 Å². The Balaban J connectivity index is 1.57. The molecule has 0 aromatic heterocycles.